The summed E-state index contributed by atoms with van der Waals surface area (Å²) in [5.41, 5.74) is 0.454. The van der Waals surface area contributed by atoms with Gasteiger partial charge in [0.1, 0.15) is 12.7 Å². The Bertz CT molecular complexity index is 590. The number of hydrogen-bond acceptors (Lipinski definition) is 3. The third kappa shape index (κ3) is 3.16. The van der Waals surface area contributed by atoms with E-state index in [-0.39, 0.29) is 31.3 Å². The molecule has 1 aromatic rings. The quantitative estimate of drug-likeness (QED) is 0.918. The smallest absolute Gasteiger partial charge is 0.326 e. The summed E-state index contributed by atoms with van der Waals surface area (Å²) in [5.74, 6) is -1.66. The number of hydrogen-bond donors (Lipinski definition) is 1. The van der Waals surface area contributed by atoms with Crippen molar-refractivity contribution in [3.63, 3.8) is 0 Å². The molecule has 1 fully saturated rings. The number of carbonyl (C=O) groups is 3. The number of aliphatic carboxylic acids is 1. The maximum atomic E-state index is 11.9. The first-order valence-electron chi connectivity index (χ1n) is 6.46. The molecule has 2 amide bonds. The van der Waals surface area contributed by atoms with Crippen molar-refractivity contribution in [3.05, 3.63) is 29.3 Å². The van der Waals surface area contributed by atoms with Crippen LogP contribution < -0.4 is 4.90 Å². The summed E-state index contributed by atoms with van der Waals surface area (Å²) in [6, 6.07) is 5.83. The van der Waals surface area contributed by atoms with Crippen LogP contribution in [0.5, 0.6) is 0 Å². The summed E-state index contributed by atoms with van der Waals surface area (Å²) in [4.78, 5) is 37.4. The maximum absolute atomic E-state index is 11.9. The molecule has 21 heavy (non-hydrogen) atoms. The Morgan fingerprint density at radius 1 is 1.43 bits per heavy atom. The lowest BCUT2D eigenvalue weighted by molar-refractivity contribution is -0.146. The molecule has 7 heteroatoms. The molecular weight excluding hydrogens is 296 g/mol. The van der Waals surface area contributed by atoms with E-state index < -0.39 is 12.0 Å². The molecule has 0 radical (unpaired) electrons. The standard InChI is InChI=1S/C14H15ClN2O4/c1-9(18)16(11-5-3-2-4-10(11)15)8-17-12(14(20)21)6-7-13(17)19/h2-5,12H,6-8H2,1H3,(H,20,21)/t12-/m0/s1. The van der Waals surface area contributed by atoms with Gasteiger partial charge in [0.2, 0.25) is 11.8 Å². The van der Waals surface area contributed by atoms with Crippen molar-refractivity contribution < 1.29 is 19.5 Å². The first kappa shape index (κ1) is 15.3. The maximum Gasteiger partial charge on any atom is 0.326 e. The van der Waals surface area contributed by atoms with Crippen LogP contribution in [0.15, 0.2) is 24.3 Å². The van der Waals surface area contributed by atoms with E-state index in [2.05, 4.69) is 0 Å². The highest BCUT2D eigenvalue weighted by molar-refractivity contribution is 6.33. The molecule has 0 unspecified atom stereocenters. The largest absolute Gasteiger partial charge is 0.480 e. The SMILES string of the molecule is CC(=O)N(CN1C(=O)CC[C@H]1C(=O)O)c1ccccc1Cl. The minimum Gasteiger partial charge on any atom is -0.480 e. The van der Waals surface area contributed by atoms with Crippen LogP contribution in [0.25, 0.3) is 0 Å². The number of anilines is 1. The second-order valence-electron chi connectivity index (χ2n) is 4.80. The molecule has 1 N–H and O–H groups in total. The molecule has 1 aromatic carbocycles. The molecule has 1 heterocycles. The third-order valence-electron chi connectivity index (χ3n) is 3.43. The van der Waals surface area contributed by atoms with E-state index in [0.29, 0.717) is 10.7 Å². The molecule has 0 spiro atoms. The lowest BCUT2D eigenvalue weighted by atomic mass is 10.2. The lowest BCUT2D eigenvalue weighted by Crippen LogP contribution is -2.47. The predicted molar refractivity (Wildman–Crippen MR) is 77.0 cm³/mol. The van der Waals surface area contributed by atoms with Gasteiger partial charge in [-0.1, -0.05) is 23.7 Å². The van der Waals surface area contributed by atoms with Crippen LogP contribution >= 0.6 is 11.6 Å². The van der Waals surface area contributed by atoms with Crippen molar-refractivity contribution >= 4 is 35.1 Å². The Morgan fingerprint density at radius 3 is 2.67 bits per heavy atom. The molecule has 1 atom stereocenters. The monoisotopic (exact) mass is 310 g/mol. The number of carbonyl (C=O) groups excluding carboxylic acids is 2. The third-order valence-corrected chi connectivity index (χ3v) is 3.75. The molecule has 1 aliphatic heterocycles. The van der Waals surface area contributed by atoms with Crippen LogP contribution in [0.4, 0.5) is 5.69 Å². The Morgan fingerprint density at radius 2 is 2.10 bits per heavy atom. The van der Waals surface area contributed by atoms with Crippen molar-refractivity contribution in [1.82, 2.24) is 4.90 Å². The topological polar surface area (TPSA) is 77.9 Å². The summed E-state index contributed by atoms with van der Waals surface area (Å²) >= 11 is 6.07. The van der Waals surface area contributed by atoms with Crippen molar-refractivity contribution in [2.75, 3.05) is 11.6 Å². The van der Waals surface area contributed by atoms with Gasteiger partial charge in [0.05, 0.1) is 10.7 Å². The molecule has 0 aliphatic carbocycles. The molecule has 1 aliphatic rings. The average molecular weight is 311 g/mol. The fourth-order valence-corrected chi connectivity index (χ4v) is 2.57. The van der Waals surface area contributed by atoms with E-state index in [1.165, 1.54) is 16.7 Å². The Hall–Kier alpha value is -2.08. The zero-order valence-electron chi connectivity index (χ0n) is 11.5. The van der Waals surface area contributed by atoms with Crippen molar-refractivity contribution in [3.8, 4) is 0 Å². The molecule has 0 saturated carbocycles. The Labute approximate surface area is 126 Å². The zero-order chi connectivity index (χ0) is 15.6. The second kappa shape index (κ2) is 6.13. The molecule has 112 valence electrons. The van der Waals surface area contributed by atoms with Gasteiger partial charge >= 0.3 is 5.97 Å². The minimum absolute atomic E-state index is 0.116. The van der Waals surface area contributed by atoms with Crippen LogP contribution in [0.3, 0.4) is 0 Å². The van der Waals surface area contributed by atoms with Gasteiger partial charge in [-0.05, 0) is 18.6 Å². The first-order valence-corrected chi connectivity index (χ1v) is 6.84. The Balaban J connectivity index is 2.28. The number of amides is 2. The van der Waals surface area contributed by atoms with E-state index in [1.807, 2.05) is 0 Å². The van der Waals surface area contributed by atoms with E-state index in [0.717, 1.165) is 0 Å². The first-order chi connectivity index (χ1) is 9.91. The van der Waals surface area contributed by atoms with E-state index in [1.54, 1.807) is 24.3 Å². The molecular formula is C14H15ClN2O4. The number of likely N-dealkylation sites (tertiary alicyclic amines) is 1. The van der Waals surface area contributed by atoms with Gasteiger partial charge in [-0.2, -0.15) is 0 Å². The summed E-state index contributed by atoms with van der Waals surface area (Å²) < 4.78 is 0. The lowest BCUT2D eigenvalue weighted by Gasteiger charge is -2.30. The van der Waals surface area contributed by atoms with Crippen LogP contribution in [-0.2, 0) is 14.4 Å². The zero-order valence-corrected chi connectivity index (χ0v) is 12.2. The van der Waals surface area contributed by atoms with Gasteiger partial charge in [0.25, 0.3) is 0 Å². The summed E-state index contributed by atoms with van der Waals surface area (Å²) in [7, 11) is 0. The number of nitrogens with zero attached hydrogens (tertiary/aromatic N) is 2. The van der Waals surface area contributed by atoms with E-state index >= 15 is 0 Å². The number of carboxylic acids is 1. The fraction of sp³-hybridized carbons (Fsp3) is 0.357. The number of rotatable bonds is 4. The van der Waals surface area contributed by atoms with Gasteiger partial charge < -0.3 is 10.0 Å². The summed E-state index contributed by atoms with van der Waals surface area (Å²) in [6.07, 6.45) is 0.424. The molecule has 0 bridgehead atoms. The number of carboxylic acid groups (broad SMARTS) is 1. The number of para-hydroxylation sites is 1. The van der Waals surface area contributed by atoms with Crippen LogP contribution in [0.2, 0.25) is 5.02 Å². The average Bonchev–Trinajstić information content (AvgIpc) is 2.78. The molecule has 0 aromatic heterocycles. The van der Waals surface area contributed by atoms with Crippen molar-refractivity contribution in [1.29, 1.82) is 0 Å². The molecule has 1 saturated heterocycles. The summed E-state index contributed by atoms with van der Waals surface area (Å²) in [6.45, 7) is 1.23. The normalized spacial score (nSPS) is 17.9. The van der Waals surface area contributed by atoms with Gasteiger partial charge in [0, 0.05) is 13.3 Å². The minimum atomic E-state index is -1.07. The van der Waals surface area contributed by atoms with Crippen LogP contribution in [-0.4, -0.2) is 40.5 Å². The Kier molecular flexibility index (Phi) is 4.47. The highest BCUT2D eigenvalue weighted by Crippen LogP contribution is 2.27. The highest BCUT2D eigenvalue weighted by Gasteiger charge is 2.37. The molecule has 6 nitrogen and oxygen atoms in total. The van der Waals surface area contributed by atoms with Crippen molar-refractivity contribution in [2.24, 2.45) is 0 Å². The van der Waals surface area contributed by atoms with Gasteiger partial charge in [-0.3, -0.25) is 14.5 Å². The van der Waals surface area contributed by atoms with Crippen molar-refractivity contribution in [2.45, 2.75) is 25.8 Å². The highest BCUT2D eigenvalue weighted by atomic mass is 35.5. The number of halogens is 1. The fourth-order valence-electron chi connectivity index (χ4n) is 2.34. The number of benzene rings is 1. The van der Waals surface area contributed by atoms with E-state index in [4.69, 9.17) is 16.7 Å². The van der Waals surface area contributed by atoms with Crippen LogP contribution in [0, 0.1) is 0 Å². The molecule has 2 rings (SSSR count). The van der Waals surface area contributed by atoms with Gasteiger partial charge in [-0.25, -0.2) is 4.79 Å². The van der Waals surface area contributed by atoms with E-state index in [9.17, 15) is 14.4 Å². The van der Waals surface area contributed by atoms with Crippen LogP contribution in [0.1, 0.15) is 19.8 Å². The summed E-state index contributed by atoms with van der Waals surface area (Å²) in [5, 5.41) is 9.52. The van der Waals surface area contributed by atoms with Gasteiger partial charge in [0.15, 0.2) is 0 Å². The second-order valence-corrected chi connectivity index (χ2v) is 5.20. The predicted octanol–water partition coefficient (Wildman–Crippen LogP) is 1.73. The van der Waals surface area contributed by atoms with Gasteiger partial charge in [-0.15, -0.1) is 0 Å².